The number of fused-ring (bicyclic) bond motifs is 1. The van der Waals surface area contributed by atoms with Crippen LogP contribution in [0.15, 0.2) is 9.93 Å². The van der Waals surface area contributed by atoms with Gasteiger partial charge in [-0.2, -0.15) is 0 Å². The fourth-order valence-corrected chi connectivity index (χ4v) is 2.81. The highest BCUT2D eigenvalue weighted by molar-refractivity contribution is 8.16. The lowest BCUT2D eigenvalue weighted by atomic mass is 10.2. The number of rotatable bonds is 0. The zero-order chi connectivity index (χ0) is 7.30. The van der Waals surface area contributed by atoms with Crippen LogP contribution in [0.3, 0.4) is 0 Å². The molecule has 1 atom stereocenters. The van der Waals surface area contributed by atoms with E-state index in [1.807, 2.05) is 11.8 Å². The summed E-state index contributed by atoms with van der Waals surface area (Å²) >= 11 is 5.91. The predicted molar refractivity (Wildman–Crippen MR) is 44.5 cm³/mol. The van der Waals surface area contributed by atoms with Crippen molar-refractivity contribution in [1.29, 1.82) is 0 Å². The van der Waals surface area contributed by atoms with Crippen molar-refractivity contribution in [2.24, 2.45) is 0 Å². The van der Waals surface area contributed by atoms with E-state index in [-0.39, 0.29) is 5.91 Å². The Kier molecular flexibility index (Phi) is 1.29. The summed E-state index contributed by atoms with van der Waals surface area (Å²) in [6.45, 7) is 1.94. The molecule has 2 aliphatic heterocycles. The van der Waals surface area contributed by atoms with E-state index in [1.54, 1.807) is 11.8 Å². The van der Waals surface area contributed by atoms with Gasteiger partial charge in [0.05, 0.1) is 16.0 Å². The van der Waals surface area contributed by atoms with Crippen LogP contribution < -0.4 is 0 Å². The predicted octanol–water partition coefficient (Wildman–Crippen LogP) is 1.41. The number of amides is 1. The Labute approximate surface area is 69.1 Å². The number of hydrogen-bond donors (Lipinski definition) is 1. The van der Waals surface area contributed by atoms with E-state index < -0.39 is 0 Å². The van der Waals surface area contributed by atoms with E-state index in [2.05, 4.69) is 12.6 Å². The normalized spacial score (nSPS) is 30.8. The van der Waals surface area contributed by atoms with Gasteiger partial charge in [-0.3, -0.25) is 4.79 Å². The van der Waals surface area contributed by atoms with Crippen molar-refractivity contribution in [3.8, 4) is 0 Å². The molecule has 1 saturated heterocycles. The van der Waals surface area contributed by atoms with E-state index in [4.69, 9.17) is 0 Å². The van der Waals surface area contributed by atoms with Gasteiger partial charge in [0.15, 0.2) is 0 Å². The van der Waals surface area contributed by atoms with Gasteiger partial charge in [0.2, 0.25) is 5.91 Å². The first-order valence-corrected chi connectivity index (χ1v) is 4.41. The summed E-state index contributed by atoms with van der Waals surface area (Å²) in [6.07, 6.45) is 0.687. The lowest BCUT2D eigenvalue weighted by molar-refractivity contribution is -0.138. The second-order valence-corrected chi connectivity index (χ2v) is 4.37. The van der Waals surface area contributed by atoms with E-state index in [1.165, 1.54) is 0 Å². The van der Waals surface area contributed by atoms with Gasteiger partial charge in [0.25, 0.3) is 0 Å². The van der Waals surface area contributed by atoms with Gasteiger partial charge in [0.1, 0.15) is 0 Å². The summed E-state index contributed by atoms with van der Waals surface area (Å²) < 4.78 is 0.996. The molecule has 0 bridgehead atoms. The quantitative estimate of drug-likeness (QED) is 0.441. The van der Waals surface area contributed by atoms with E-state index in [0.717, 1.165) is 9.93 Å². The third kappa shape index (κ3) is 0.661. The number of thiol groups is 1. The maximum atomic E-state index is 10.9. The Balaban J connectivity index is 2.29. The molecule has 2 nitrogen and oxygen atoms in total. The van der Waals surface area contributed by atoms with Crippen molar-refractivity contribution in [1.82, 2.24) is 4.90 Å². The number of β-lactam (4-membered cyclic amide) rings is 1. The molecule has 0 aliphatic carbocycles. The van der Waals surface area contributed by atoms with Crippen LogP contribution in [-0.2, 0) is 4.79 Å². The zero-order valence-electron chi connectivity index (χ0n) is 5.50. The molecule has 0 radical (unpaired) electrons. The Hall–Kier alpha value is -0.0900. The van der Waals surface area contributed by atoms with Crippen molar-refractivity contribution in [2.75, 3.05) is 0 Å². The molecule has 0 saturated carbocycles. The Morgan fingerprint density at radius 1 is 1.80 bits per heavy atom. The molecule has 0 aromatic heterocycles. The minimum atomic E-state index is 0.235. The first-order chi connectivity index (χ1) is 4.70. The molecule has 4 heteroatoms. The van der Waals surface area contributed by atoms with E-state index in [0.29, 0.717) is 11.8 Å². The van der Waals surface area contributed by atoms with Crippen LogP contribution in [0.1, 0.15) is 13.3 Å². The van der Waals surface area contributed by atoms with Gasteiger partial charge < -0.3 is 4.90 Å². The van der Waals surface area contributed by atoms with Crippen molar-refractivity contribution >= 4 is 30.3 Å². The molecule has 10 heavy (non-hydrogen) atoms. The van der Waals surface area contributed by atoms with E-state index in [9.17, 15) is 4.79 Å². The molecule has 0 aromatic rings. The summed E-state index contributed by atoms with van der Waals surface area (Å²) in [6, 6.07) is 0. The van der Waals surface area contributed by atoms with Gasteiger partial charge in [-0.15, -0.1) is 12.6 Å². The SMILES string of the molecule is CC1=C(S)SC2CC(=O)N12. The third-order valence-corrected chi connectivity index (χ3v) is 3.63. The molecule has 0 aromatic carbocycles. The van der Waals surface area contributed by atoms with Gasteiger partial charge in [-0.05, 0) is 6.92 Å². The standard InChI is InChI=1S/C6H7NOS2/c1-3-6(9)10-5-2-4(8)7(3)5/h5,9H,2H2,1H3. The van der Waals surface area contributed by atoms with Crippen molar-refractivity contribution in [3.63, 3.8) is 0 Å². The highest BCUT2D eigenvalue weighted by Crippen LogP contribution is 2.46. The molecule has 1 fully saturated rings. The number of allylic oxidation sites excluding steroid dienone is 1. The molecule has 2 rings (SSSR count). The maximum absolute atomic E-state index is 10.9. The second-order valence-electron chi connectivity index (χ2n) is 2.43. The molecule has 0 N–H and O–H groups in total. The Bertz CT molecular complexity index is 236. The molecule has 54 valence electrons. The number of thioether (sulfide) groups is 1. The number of hydrogen-bond acceptors (Lipinski definition) is 3. The van der Waals surface area contributed by atoms with Crippen LogP contribution in [0.2, 0.25) is 0 Å². The van der Waals surface area contributed by atoms with Gasteiger partial charge in [-0.1, -0.05) is 11.8 Å². The summed E-state index contributed by atoms with van der Waals surface area (Å²) in [7, 11) is 0. The van der Waals surface area contributed by atoms with Crippen LogP contribution in [0.5, 0.6) is 0 Å². The average molecular weight is 173 g/mol. The third-order valence-electron chi connectivity index (χ3n) is 1.82. The first kappa shape index (κ1) is 6.61. The number of carbonyl (C=O) groups excluding carboxylic acids is 1. The fraction of sp³-hybridized carbons (Fsp3) is 0.500. The van der Waals surface area contributed by atoms with Crippen LogP contribution >= 0.6 is 24.4 Å². The van der Waals surface area contributed by atoms with Crippen molar-refractivity contribution in [3.05, 3.63) is 9.93 Å². The lowest BCUT2D eigenvalue weighted by Crippen LogP contribution is -2.46. The van der Waals surface area contributed by atoms with Crippen LogP contribution in [0, 0.1) is 0 Å². The molecule has 2 heterocycles. The summed E-state index contributed by atoms with van der Waals surface area (Å²) in [5, 5.41) is 0.375. The minimum Gasteiger partial charge on any atom is -0.301 e. The van der Waals surface area contributed by atoms with E-state index >= 15 is 0 Å². The zero-order valence-corrected chi connectivity index (χ0v) is 7.21. The molecule has 1 amide bonds. The average Bonchev–Trinajstić information content (AvgIpc) is 2.05. The fourth-order valence-electron chi connectivity index (χ4n) is 1.20. The molecular formula is C6H7NOS2. The van der Waals surface area contributed by atoms with Gasteiger partial charge in [-0.25, -0.2) is 0 Å². The summed E-state index contributed by atoms with van der Waals surface area (Å²) in [5.41, 5.74) is 1.02. The number of carbonyl (C=O) groups is 1. The second kappa shape index (κ2) is 1.95. The van der Waals surface area contributed by atoms with Crippen molar-refractivity contribution < 1.29 is 4.79 Å². The Morgan fingerprint density at radius 2 is 2.50 bits per heavy atom. The molecular weight excluding hydrogens is 166 g/mol. The highest BCUT2D eigenvalue weighted by Gasteiger charge is 2.43. The molecule has 0 spiro atoms. The van der Waals surface area contributed by atoms with Gasteiger partial charge in [0, 0.05) is 5.70 Å². The van der Waals surface area contributed by atoms with Gasteiger partial charge >= 0.3 is 0 Å². The number of nitrogens with zero attached hydrogens (tertiary/aromatic N) is 1. The smallest absolute Gasteiger partial charge is 0.230 e. The highest BCUT2D eigenvalue weighted by atomic mass is 32.2. The van der Waals surface area contributed by atoms with Crippen LogP contribution in [0.4, 0.5) is 0 Å². The molecule has 2 aliphatic rings. The topological polar surface area (TPSA) is 20.3 Å². The Morgan fingerprint density at radius 3 is 2.90 bits per heavy atom. The summed E-state index contributed by atoms with van der Waals surface area (Å²) in [5.74, 6) is 0.235. The summed E-state index contributed by atoms with van der Waals surface area (Å²) in [4.78, 5) is 12.7. The van der Waals surface area contributed by atoms with Crippen LogP contribution in [-0.4, -0.2) is 16.2 Å². The lowest BCUT2D eigenvalue weighted by Gasteiger charge is -2.34. The van der Waals surface area contributed by atoms with Crippen molar-refractivity contribution in [2.45, 2.75) is 18.7 Å². The minimum absolute atomic E-state index is 0.235. The maximum Gasteiger partial charge on any atom is 0.230 e. The molecule has 1 unspecified atom stereocenters. The monoisotopic (exact) mass is 173 g/mol. The van der Waals surface area contributed by atoms with Crippen LogP contribution in [0.25, 0.3) is 0 Å². The first-order valence-electron chi connectivity index (χ1n) is 3.08. The largest absolute Gasteiger partial charge is 0.301 e.